The van der Waals surface area contributed by atoms with Crippen LogP contribution in [-0.2, 0) is 25.1 Å². The Kier molecular flexibility index (Phi) is 6.42. The van der Waals surface area contributed by atoms with Gasteiger partial charge in [0.05, 0.1) is 42.8 Å². The molecule has 37 heavy (non-hydrogen) atoms. The zero-order valence-electron chi connectivity index (χ0n) is 21.8. The van der Waals surface area contributed by atoms with Crippen LogP contribution in [0.2, 0.25) is 25.7 Å². The van der Waals surface area contributed by atoms with Crippen molar-refractivity contribution >= 4 is 41.8 Å². The third kappa shape index (κ3) is 4.79. The van der Waals surface area contributed by atoms with E-state index in [0.717, 1.165) is 50.6 Å². The van der Waals surface area contributed by atoms with Gasteiger partial charge < -0.3 is 24.5 Å². The normalized spacial score (nSPS) is 12.1. The average Bonchev–Trinajstić information content (AvgIpc) is 3.52. The second-order valence-corrected chi connectivity index (χ2v) is 16.0. The van der Waals surface area contributed by atoms with Crippen LogP contribution >= 0.6 is 0 Å². The van der Waals surface area contributed by atoms with Crippen molar-refractivity contribution in [3.8, 4) is 17.0 Å². The second-order valence-electron chi connectivity index (χ2n) is 10.4. The maximum Gasteiger partial charge on any atom is 0.405 e. The number of carbonyl (C=O) groups is 1. The highest BCUT2D eigenvalue weighted by Gasteiger charge is 2.21. The number of rotatable bonds is 9. The Labute approximate surface area is 215 Å². The van der Waals surface area contributed by atoms with E-state index in [-0.39, 0.29) is 6.54 Å². The number of methoxy groups -OCH3 is 1. The standard InChI is InChI=1S/C26H32N6O4Si/c1-30-15-20(19-10-18(35-2)6-7-21(19)30)22-11-23-25(31(22)16-36-8-9-37(3,4)5)28-13-17-12-27-24(32(17)23)14-29-26(33)34/h6-7,10-13,15,29H,8-9,14,16H2,1-5H3,(H,33,34). The smallest absolute Gasteiger partial charge is 0.405 e. The molecule has 2 N–H and O–H groups in total. The molecule has 4 heterocycles. The van der Waals surface area contributed by atoms with E-state index in [4.69, 9.17) is 19.6 Å². The Morgan fingerprint density at radius 1 is 1.14 bits per heavy atom. The minimum atomic E-state index is -1.24. The predicted molar refractivity (Wildman–Crippen MR) is 146 cm³/mol. The summed E-state index contributed by atoms with van der Waals surface area (Å²) in [5.41, 5.74) is 5.43. The Morgan fingerprint density at radius 3 is 2.65 bits per heavy atom. The molecule has 0 aliphatic heterocycles. The lowest BCUT2D eigenvalue weighted by atomic mass is 10.1. The summed E-state index contributed by atoms with van der Waals surface area (Å²) in [6, 6.07) is 9.20. The van der Waals surface area contributed by atoms with Crippen LogP contribution in [0, 0.1) is 0 Å². The molecular formula is C26H32N6O4Si. The third-order valence-corrected chi connectivity index (χ3v) is 8.26. The Bertz CT molecular complexity index is 1610. The largest absolute Gasteiger partial charge is 0.497 e. The van der Waals surface area contributed by atoms with E-state index >= 15 is 0 Å². The maximum atomic E-state index is 11.1. The number of fused-ring (bicyclic) bond motifs is 4. The van der Waals surface area contributed by atoms with E-state index in [1.165, 1.54) is 0 Å². The Balaban J connectivity index is 1.69. The van der Waals surface area contributed by atoms with Gasteiger partial charge in [0.1, 0.15) is 18.3 Å². The van der Waals surface area contributed by atoms with Gasteiger partial charge in [-0.1, -0.05) is 19.6 Å². The highest BCUT2D eigenvalue weighted by molar-refractivity contribution is 6.76. The van der Waals surface area contributed by atoms with Crippen molar-refractivity contribution in [2.24, 2.45) is 7.05 Å². The summed E-state index contributed by atoms with van der Waals surface area (Å²) < 4.78 is 17.9. The van der Waals surface area contributed by atoms with Gasteiger partial charge in [-0.15, -0.1) is 0 Å². The van der Waals surface area contributed by atoms with Crippen LogP contribution in [0.25, 0.3) is 38.8 Å². The Morgan fingerprint density at radius 2 is 1.92 bits per heavy atom. The van der Waals surface area contributed by atoms with E-state index in [2.05, 4.69) is 57.4 Å². The molecule has 4 aromatic heterocycles. The first-order chi connectivity index (χ1) is 17.7. The Hall–Kier alpha value is -3.83. The van der Waals surface area contributed by atoms with Crippen molar-refractivity contribution in [2.45, 2.75) is 39.0 Å². The molecule has 0 radical (unpaired) electrons. The quantitative estimate of drug-likeness (QED) is 0.211. The lowest BCUT2D eigenvalue weighted by Crippen LogP contribution is -2.22. The number of carboxylic acid groups (broad SMARTS) is 1. The molecule has 194 valence electrons. The SMILES string of the molecule is COc1ccc2c(c1)c(-c1cc3c(ncc4cnc(CNC(=O)O)n43)n1COCC[Si](C)(C)C)cn2C. The lowest BCUT2D eigenvalue weighted by molar-refractivity contribution is 0.0909. The number of ether oxygens (including phenoxy) is 2. The first kappa shape index (κ1) is 24.8. The van der Waals surface area contributed by atoms with E-state index in [1.807, 2.05) is 23.6 Å². The minimum Gasteiger partial charge on any atom is -0.497 e. The van der Waals surface area contributed by atoms with Gasteiger partial charge in [0.2, 0.25) is 0 Å². The maximum absolute atomic E-state index is 11.1. The monoisotopic (exact) mass is 520 g/mol. The highest BCUT2D eigenvalue weighted by Crippen LogP contribution is 2.36. The van der Waals surface area contributed by atoms with E-state index in [0.29, 0.717) is 19.2 Å². The van der Waals surface area contributed by atoms with E-state index in [9.17, 15) is 4.79 Å². The molecule has 0 saturated carbocycles. The van der Waals surface area contributed by atoms with Crippen molar-refractivity contribution in [3.05, 3.63) is 48.7 Å². The molecule has 0 fully saturated rings. The number of amides is 1. The van der Waals surface area contributed by atoms with Crippen LogP contribution in [0.3, 0.4) is 0 Å². The molecule has 0 saturated heterocycles. The van der Waals surface area contributed by atoms with Gasteiger partial charge in [-0.3, -0.25) is 8.97 Å². The summed E-state index contributed by atoms with van der Waals surface area (Å²) >= 11 is 0. The minimum absolute atomic E-state index is 0.0846. The fourth-order valence-electron chi connectivity index (χ4n) is 4.60. The first-order valence-corrected chi connectivity index (χ1v) is 15.9. The molecule has 5 rings (SSSR count). The molecule has 0 aliphatic carbocycles. The van der Waals surface area contributed by atoms with Gasteiger partial charge in [-0.05, 0) is 30.3 Å². The van der Waals surface area contributed by atoms with Crippen LogP contribution < -0.4 is 10.1 Å². The topological polar surface area (TPSA) is 108 Å². The molecule has 0 spiro atoms. The van der Waals surface area contributed by atoms with Crippen LogP contribution in [0.15, 0.2) is 42.9 Å². The fraction of sp³-hybridized carbons (Fsp3) is 0.346. The van der Waals surface area contributed by atoms with Gasteiger partial charge in [-0.2, -0.15) is 0 Å². The zero-order chi connectivity index (χ0) is 26.3. The number of nitrogens with zero attached hydrogens (tertiary/aromatic N) is 5. The van der Waals surface area contributed by atoms with Crippen molar-refractivity contribution in [3.63, 3.8) is 0 Å². The summed E-state index contributed by atoms with van der Waals surface area (Å²) in [5.74, 6) is 1.37. The number of aryl methyl sites for hydroxylation is 1. The van der Waals surface area contributed by atoms with Crippen LogP contribution in [-0.4, -0.2) is 56.5 Å². The van der Waals surface area contributed by atoms with Crippen LogP contribution in [0.1, 0.15) is 5.82 Å². The molecule has 0 aliphatic rings. The predicted octanol–water partition coefficient (Wildman–Crippen LogP) is 4.93. The lowest BCUT2D eigenvalue weighted by Gasteiger charge is -2.16. The summed E-state index contributed by atoms with van der Waals surface area (Å²) in [6.07, 6.45) is 4.47. The highest BCUT2D eigenvalue weighted by atomic mass is 28.3. The number of benzene rings is 1. The van der Waals surface area contributed by atoms with E-state index in [1.54, 1.807) is 19.5 Å². The van der Waals surface area contributed by atoms with Gasteiger partial charge in [0.15, 0.2) is 5.65 Å². The number of aromatic nitrogens is 5. The molecule has 0 unspecified atom stereocenters. The number of nitrogens with one attached hydrogen (secondary N) is 1. The summed E-state index contributed by atoms with van der Waals surface area (Å²) in [6.45, 7) is 8.11. The molecule has 5 aromatic rings. The zero-order valence-corrected chi connectivity index (χ0v) is 22.8. The number of hydrogen-bond acceptors (Lipinski definition) is 5. The van der Waals surface area contributed by atoms with Gasteiger partial charge >= 0.3 is 6.09 Å². The molecule has 1 amide bonds. The summed E-state index contributed by atoms with van der Waals surface area (Å²) in [4.78, 5) is 20.4. The van der Waals surface area contributed by atoms with E-state index < -0.39 is 14.2 Å². The van der Waals surface area contributed by atoms with Crippen molar-refractivity contribution in [1.82, 2.24) is 28.8 Å². The van der Waals surface area contributed by atoms with Gasteiger partial charge in [0, 0.05) is 44.4 Å². The van der Waals surface area contributed by atoms with Crippen LogP contribution in [0.5, 0.6) is 5.75 Å². The van der Waals surface area contributed by atoms with Crippen molar-refractivity contribution in [2.75, 3.05) is 13.7 Å². The molecule has 0 atom stereocenters. The molecule has 0 bridgehead atoms. The molecular weight excluding hydrogens is 488 g/mol. The van der Waals surface area contributed by atoms with Gasteiger partial charge in [-0.25, -0.2) is 14.8 Å². The second kappa shape index (κ2) is 9.56. The molecule has 10 nitrogen and oxygen atoms in total. The fourth-order valence-corrected chi connectivity index (χ4v) is 5.35. The number of imidazole rings is 1. The van der Waals surface area contributed by atoms with Gasteiger partial charge in [0.25, 0.3) is 0 Å². The summed E-state index contributed by atoms with van der Waals surface area (Å²) in [5, 5.41) is 12.6. The van der Waals surface area contributed by atoms with Crippen molar-refractivity contribution in [1.29, 1.82) is 0 Å². The molecule has 11 heteroatoms. The van der Waals surface area contributed by atoms with Crippen molar-refractivity contribution < 1.29 is 19.4 Å². The summed E-state index contributed by atoms with van der Waals surface area (Å²) in [7, 11) is 2.45. The first-order valence-electron chi connectivity index (χ1n) is 12.2. The third-order valence-electron chi connectivity index (χ3n) is 6.56. The molecule has 1 aromatic carbocycles. The van der Waals surface area contributed by atoms with Crippen LogP contribution in [0.4, 0.5) is 4.79 Å². The average molecular weight is 521 g/mol. The number of hydrogen-bond donors (Lipinski definition) is 2.